The van der Waals surface area contributed by atoms with E-state index in [-0.39, 0.29) is 6.42 Å². The molecular formula is C15H23NO3. The Morgan fingerprint density at radius 2 is 2.00 bits per heavy atom. The highest BCUT2D eigenvalue weighted by molar-refractivity contribution is 5.66. The second kappa shape index (κ2) is 7.79. The van der Waals surface area contributed by atoms with Gasteiger partial charge in [0.25, 0.3) is 0 Å². The zero-order chi connectivity index (χ0) is 14.3. The predicted molar refractivity (Wildman–Crippen MR) is 75.6 cm³/mol. The number of ether oxygens (including phenoxy) is 1. The van der Waals surface area contributed by atoms with Gasteiger partial charge < -0.3 is 9.84 Å². The number of hydrogen-bond acceptors (Lipinski definition) is 3. The van der Waals surface area contributed by atoms with Crippen LogP contribution in [0.15, 0.2) is 24.3 Å². The summed E-state index contributed by atoms with van der Waals surface area (Å²) in [6, 6.07) is 8.22. The van der Waals surface area contributed by atoms with Gasteiger partial charge in [-0.15, -0.1) is 0 Å². The summed E-state index contributed by atoms with van der Waals surface area (Å²) in [5.74, 6) is 0.134. The van der Waals surface area contributed by atoms with Crippen LogP contribution in [0.3, 0.4) is 0 Å². The van der Waals surface area contributed by atoms with E-state index < -0.39 is 5.97 Å². The van der Waals surface area contributed by atoms with E-state index in [1.54, 1.807) is 0 Å². The van der Waals surface area contributed by atoms with Crippen LogP contribution < -0.4 is 4.74 Å². The van der Waals surface area contributed by atoms with E-state index in [2.05, 4.69) is 18.7 Å². The number of carboxylic acids is 1. The van der Waals surface area contributed by atoms with Gasteiger partial charge in [-0.3, -0.25) is 9.69 Å². The maximum absolute atomic E-state index is 10.6. The molecule has 4 nitrogen and oxygen atoms in total. The Morgan fingerprint density at radius 3 is 2.58 bits per heavy atom. The minimum absolute atomic E-state index is 0.169. The monoisotopic (exact) mass is 265 g/mol. The molecule has 0 heterocycles. The van der Waals surface area contributed by atoms with Crippen molar-refractivity contribution in [1.29, 1.82) is 0 Å². The summed E-state index contributed by atoms with van der Waals surface area (Å²) in [5.41, 5.74) is 1.11. The van der Waals surface area contributed by atoms with Gasteiger partial charge in [0.1, 0.15) is 12.4 Å². The summed E-state index contributed by atoms with van der Waals surface area (Å²) < 4.78 is 5.74. The molecule has 1 N–H and O–H groups in total. The lowest BCUT2D eigenvalue weighted by Crippen LogP contribution is -2.36. The second-order valence-corrected chi connectivity index (χ2v) is 4.89. The Bertz CT molecular complexity index is 404. The van der Waals surface area contributed by atoms with E-state index in [1.165, 1.54) is 0 Å². The molecular weight excluding hydrogens is 242 g/mol. The first-order valence-corrected chi connectivity index (χ1v) is 6.65. The van der Waals surface area contributed by atoms with Crippen molar-refractivity contribution in [2.75, 3.05) is 19.7 Å². The molecule has 0 atom stereocenters. The van der Waals surface area contributed by atoms with Gasteiger partial charge in [0.05, 0.1) is 6.42 Å². The van der Waals surface area contributed by atoms with Gasteiger partial charge in [-0.1, -0.05) is 18.2 Å². The molecule has 1 rings (SSSR count). The van der Waals surface area contributed by atoms with E-state index >= 15 is 0 Å². The van der Waals surface area contributed by atoms with Crippen LogP contribution in [0.4, 0.5) is 0 Å². The molecule has 1 aromatic carbocycles. The number of hydrogen-bond donors (Lipinski definition) is 1. The number of benzene rings is 1. The lowest BCUT2D eigenvalue weighted by atomic mass is 10.2. The molecule has 0 aliphatic heterocycles. The molecule has 1 aromatic rings. The van der Waals surface area contributed by atoms with Crippen LogP contribution >= 0.6 is 0 Å². The first-order valence-electron chi connectivity index (χ1n) is 6.65. The van der Waals surface area contributed by atoms with Gasteiger partial charge in [0.15, 0.2) is 0 Å². The SMILES string of the molecule is Cc1ccccc1OCCN(CCC(=O)O)C(C)C. The average molecular weight is 265 g/mol. The molecule has 0 saturated carbocycles. The van der Waals surface area contributed by atoms with Gasteiger partial charge in [-0.2, -0.15) is 0 Å². The van der Waals surface area contributed by atoms with Crippen LogP contribution in [0.5, 0.6) is 5.75 Å². The smallest absolute Gasteiger partial charge is 0.304 e. The molecule has 0 fully saturated rings. The number of rotatable bonds is 8. The molecule has 106 valence electrons. The van der Waals surface area contributed by atoms with Gasteiger partial charge in [-0.25, -0.2) is 0 Å². The highest BCUT2D eigenvalue weighted by atomic mass is 16.5. The molecule has 0 spiro atoms. The molecule has 19 heavy (non-hydrogen) atoms. The van der Waals surface area contributed by atoms with Gasteiger partial charge in [0.2, 0.25) is 0 Å². The predicted octanol–water partition coefficient (Wildman–Crippen LogP) is 2.56. The summed E-state index contributed by atoms with van der Waals surface area (Å²) >= 11 is 0. The van der Waals surface area contributed by atoms with Gasteiger partial charge >= 0.3 is 5.97 Å². The van der Waals surface area contributed by atoms with E-state index in [1.807, 2.05) is 31.2 Å². The number of aliphatic carboxylic acids is 1. The van der Waals surface area contributed by atoms with Crippen LogP contribution in [0.2, 0.25) is 0 Å². The van der Waals surface area contributed by atoms with Crippen molar-refractivity contribution >= 4 is 5.97 Å². The summed E-state index contributed by atoms with van der Waals surface area (Å²) in [6.07, 6.45) is 0.169. The fourth-order valence-corrected chi connectivity index (χ4v) is 1.86. The first kappa shape index (κ1) is 15.5. The van der Waals surface area contributed by atoms with E-state index in [0.29, 0.717) is 19.2 Å². The van der Waals surface area contributed by atoms with Crippen molar-refractivity contribution in [1.82, 2.24) is 4.90 Å². The second-order valence-electron chi connectivity index (χ2n) is 4.89. The number of nitrogens with zero attached hydrogens (tertiary/aromatic N) is 1. The van der Waals surface area contributed by atoms with Gasteiger partial charge in [-0.05, 0) is 32.4 Å². The minimum Gasteiger partial charge on any atom is -0.492 e. The van der Waals surface area contributed by atoms with Crippen molar-refractivity contribution in [3.05, 3.63) is 29.8 Å². The van der Waals surface area contributed by atoms with E-state index in [9.17, 15) is 4.79 Å². The largest absolute Gasteiger partial charge is 0.492 e. The van der Waals surface area contributed by atoms with Crippen LogP contribution in [-0.2, 0) is 4.79 Å². The summed E-state index contributed by atoms with van der Waals surface area (Å²) in [4.78, 5) is 12.7. The highest BCUT2D eigenvalue weighted by Gasteiger charge is 2.11. The maximum atomic E-state index is 10.6. The third-order valence-electron chi connectivity index (χ3n) is 3.07. The Kier molecular flexibility index (Phi) is 6.36. The van der Waals surface area contributed by atoms with Gasteiger partial charge in [0, 0.05) is 19.1 Å². The average Bonchev–Trinajstić information content (AvgIpc) is 2.34. The normalized spacial score (nSPS) is 11.0. The summed E-state index contributed by atoms with van der Waals surface area (Å²) in [7, 11) is 0. The molecule has 0 aliphatic carbocycles. The quantitative estimate of drug-likeness (QED) is 0.785. The molecule has 0 aliphatic rings. The Morgan fingerprint density at radius 1 is 1.32 bits per heavy atom. The topological polar surface area (TPSA) is 49.8 Å². The van der Waals surface area contributed by atoms with Crippen LogP contribution in [0, 0.1) is 6.92 Å². The maximum Gasteiger partial charge on any atom is 0.304 e. The van der Waals surface area contributed by atoms with Crippen LogP contribution in [0.1, 0.15) is 25.8 Å². The standard InChI is InChI=1S/C15H23NO3/c1-12(2)16(9-8-15(17)18)10-11-19-14-7-5-4-6-13(14)3/h4-7,12H,8-11H2,1-3H3,(H,17,18). The van der Waals surface area contributed by atoms with Crippen molar-refractivity contribution < 1.29 is 14.6 Å². The van der Waals surface area contributed by atoms with Crippen LogP contribution in [0.25, 0.3) is 0 Å². The molecule has 0 radical (unpaired) electrons. The number of carbonyl (C=O) groups is 1. The summed E-state index contributed by atoms with van der Waals surface area (Å²) in [6.45, 7) is 8.01. The first-order chi connectivity index (χ1) is 9.00. The number of para-hydroxylation sites is 1. The van der Waals surface area contributed by atoms with Crippen molar-refractivity contribution in [2.45, 2.75) is 33.2 Å². The van der Waals surface area contributed by atoms with Crippen molar-refractivity contribution in [3.8, 4) is 5.75 Å². The van der Waals surface area contributed by atoms with Crippen LogP contribution in [-0.4, -0.2) is 41.7 Å². The number of aryl methyl sites for hydroxylation is 1. The lowest BCUT2D eigenvalue weighted by molar-refractivity contribution is -0.137. The molecule has 0 saturated heterocycles. The van der Waals surface area contributed by atoms with Crippen molar-refractivity contribution in [3.63, 3.8) is 0 Å². The highest BCUT2D eigenvalue weighted by Crippen LogP contribution is 2.16. The third-order valence-corrected chi connectivity index (χ3v) is 3.07. The zero-order valence-corrected chi connectivity index (χ0v) is 11.9. The molecule has 0 aromatic heterocycles. The molecule has 0 amide bonds. The fourth-order valence-electron chi connectivity index (χ4n) is 1.86. The Hall–Kier alpha value is -1.55. The van der Waals surface area contributed by atoms with E-state index in [4.69, 9.17) is 9.84 Å². The molecule has 0 bridgehead atoms. The third kappa shape index (κ3) is 5.75. The molecule has 0 unspecified atom stereocenters. The van der Waals surface area contributed by atoms with Crippen molar-refractivity contribution in [2.24, 2.45) is 0 Å². The number of carboxylic acid groups (broad SMARTS) is 1. The molecule has 4 heteroatoms. The van der Waals surface area contributed by atoms with E-state index in [0.717, 1.165) is 17.9 Å². The summed E-state index contributed by atoms with van der Waals surface area (Å²) in [5, 5.41) is 8.73. The zero-order valence-electron chi connectivity index (χ0n) is 11.9. The fraction of sp³-hybridized carbons (Fsp3) is 0.533. The Labute approximate surface area is 115 Å². The Balaban J connectivity index is 2.40. The minimum atomic E-state index is -0.759. The lowest BCUT2D eigenvalue weighted by Gasteiger charge is -2.25.